The van der Waals surface area contributed by atoms with E-state index >= 15 is 0 Å². The molecule has 0 amide bonds. The molecule has 1 aliphatic heterocycles. The zero-order valence-corrected chi connectivity index (χ0v) is 7.33. The number of hydrogen-bond donors (Lipinski definition) is 0. The van der Waals surface area contributed by atoms with Crippen LogP contribution in [0.4, 0.5) is 0 Å². The van der Waals surface area contributed by atoms with Crippen LogP contribution in [0.1, 0.15) is 19.4 Å². The highest BCUT2D eigenvalue weighted by atomic mass is 16.5. The molecule has 0 aromatic heterocycles. The number of para-hydroxylation sites is 1. The molecule has 0 saturated carbocycles. The van der Waals surface area contributed by atoms with E-state index in [4.69, 9.17) is 4.74 Å². The maximum absolute atomic E-state index is 10.7. The molecule has 2 heteroatoms. The van der Waals surface area contributed by atoms with E-state index in [0.717, 1.165) is 5.56 Å². The molecular weight excluding hydrogens is 152 g/mol. The van der Waals surface area contributed by atoms with Gasteiger partial charge in [0.2, 0.25) is 0 Å². The van der Waals surface area contributed by atoms with E-state index in [0.29, 0.717) is 12.2 Å². The molecule has 0 fully saturated rings. The lowest BCUT2D eigenvalue weighted by atomic mass is 10.2. The Bertz CT molecular complexity index is 252. The number of fused-ring (bicyclic) bond motifs is 1. The summed E-state index contributed by atoms with van der Waals surface area (Å²) in [5, 5.41) is 0. The quantitative estimate of drug-likeness (QED) is 0.434. The summed E-state index contributed by atoms with van der Waals surface area (Å²) in [7, 11) is 0. The van der Waals surface area contributed by atoms with Crippen LogP contribution in [-0.4, -0.2) is 5.97 Å². The van der Waals surface area contributed by atoms with Gasteiger partial charge < -0.3 is 4.74 Å². The Morgan fingerprint density at radius 3 is 2.58 bits per heavy atom. The number of ether oxygens (including phenoxy) is 1. The van der Waals surface area contributed by atoms with E-state index in [2.05, 4.69) is 0 Å². The highest BCUT2D eigenvalue weighted by molar-refractivity contribution is 5.80. The summed E-state index contributed by atoms with van der Waals surface area (Å²) in [5.41, 5.74) is 0.993. The Balaban J connectivity index is 0.000000336. The summed E-state index contributed by atoms with van der Waals surface area (Å²) in [4.78, 5) is 10.7. The van der Waals surface area contributed by atoms with Crippen molar-refractivity contribution in [3.05, 3.63) is 29.8 Å². The number of hydrogen-bond acceptors (Lipinski definition) is 2. The van der Waals surface area contributed by atoms with Crippen LogP contribution in [0.25, 0.3) is 0 Å². The lowest BCUT2D eigenvalue weighted by Crippen LogP contribution is -1.99. The van der Waals surface area contributed by atoms with Crippen LogP contribution in [0, 0.1) is 0 Å². The molecule has 0 spiro atoms. The van der Waals surface area contributed by atoms with E-state index in [1.807, 2.05) is 32.0 Å². The van der Waals surface area contributed by atoms with Crippen molar-refractivity contribution < 1.29 is 9.53 Å². The average molecular weight is 164 g/mol. The number of carbonyl (C=O) groups is 1. The van der Waals surface area contributed by atoms with Crippen LogP contribution in [0.2, 0.25) is 0 Å². The molecule has 0 radical (unpaired) electrons. The number of carbonyl (C=O) groups excluding carboxylic acids is 1. The molecule has 2 rings (SSSR count). The molecule has 1 heterocycles. The highest BCUT2D eigenvalue weighted by Gasteiger charge is 2.18. The highest BCUT2D eigenvalue weighted by Crippen LogP contribution is 2.24. The van der Waals surface area contributed by atoms with Gasteiger partial charge in [-0.2, -0.15) is 0 Å². The Kier molecular flexibility index (Phi) is 2.86. The Morgan fingerprint density at radius 2 is 1.92 bits per heavy atom. The molecule has 0 N–H and O–H groups in total. The largest absolute Gasteiger partial charge is 0.426 e. The van der Waals surface area contributed by atoms with E-state index in [-0.39, 0.29) is 5.97 Å². The average Bonchev–Trinajstić information content (AvgIpc) is 2.48. The maximum atomic E-state index is 10.7. The third-order valence-electron chi connectivity index (χ3n) is 1.53. The van der Waals surface area contributed by atoms with Crippen LogP contribution < -0.4 is 4.74 Å². The zero-order chi connectivity index (χ0) is 8.97. The topological polar surface area (TPSA) is 26.3 Å². The first kappa shape index (κ1) is 8.78. The van der Waals surface area contributed by atoms with Crippen molar-refractivity contribution in [2.75, 3.05) is 0 Å². The summed E-state index contributed by atoms with van der Waals surface area (Å²) in [6.07, 6.45) is 0.427. The molecular formula is C10H12O2. The molecule has 1 aromatic rings. The molecule has 64 valence electrons. The van der Waals surface area contributed by atoms with Crippen LogP contribution in [0.15, 0.2) is 24.3 Å². The lowest BCUT2D eigenvalue weighted by molar-refractivity contribution is -0.131. The predicted molar refractivity (Wildman–Crippen MR) is 47.1 cm³/mol. The molecule has 1 aromatic carbocycles. The van der Waals surface area contributed by atoms with Crippen molar-refractivity contribution in [2.45, 2.75) is 20.3 Å². The lowest BCUT2D eigenvalue weighted by Gasteiger charge is -1.91. The third kappa shape index (κ3) is 1.64. The van der Waals surface area contributed by atoms with Crippen molar-refractivity contribution in [1.29, 1.82) is 0 Å². The summed E-state index contributed by atoms with van der Waals surface area (Å²) >= 11 is 0. The standard InChI is InChI=1S/C8H6O2.C2H6/c9-8-5-6-3-1-2-4-7(6)10-8;1-2/h1-4H,5H2;1-2H3. The molecule has 1 aliphatic rings. The second kappa shape index (κ2) is 3.90. The molecule has 2 nitrogen and oxygen atoms in total. The third-order valence-corrected chi connectivity index (χ3v) is 1.53. The van der Waals surface area contributed by atoms with Gasteiger partial charge in [0, 0.05) is 5.56 Å². The minimum absolute atomic E-state index is 0.152. The van der Waals surface area contributed by atoms with Gasteiger partial charge in [-0.3, -0.25) is 4.79 Å². The van der Waals surface area contributed by atoms with Gasteiger partial charge in [0.25, 0.3) is 0 Å². The van der Waals surface area contributed by atoms with Gasteiger partial charge in [-0.05, 0) is 6.07 Å². The summed E-state index contributed by atoms with van der Waals surface area (Å²) in [5.74, 6) is 0.564. The first-order valence-corrected chi connectivity index (χ1v) is 4.15. The minimum Gasteiger partial charge on any atom is -0.426 e. The molecule has 0 aliphatic carbocycles. The van der Waals surface area contributed by atoms with Crippen molar-refractivity contribution in [2.24, 2.45) is 0 Å². The Hall–Kier alpha value is -1.31. The van der Waals surface area contributed by atoms with Crippen LogP contribution in [-0.2, 0) is 11.2 Å². The van der Waals surface area contributed by atoms with Crippen molar-refractivity contribution >= 4 is 5.97 Å². The van der Waals surface area contributed by atoms with E-state index < -0.39 is 0 Å². The maximum Gasteiger partial charge on any atom is 0.315 e. The predicted octanol–water partition coefficient (Wildman–Crippen LogP) is 2.17. The molecule has 0 atom stereocenters. The van der Waals surface area contributed by atoms with Gasteiger partial charge in [-0.25, -0.2) is 0 Å². The van der Waals surface area contributed by atoms with Gasteiger partial charge in [-0.1, -0.05) is 32.0 Å². The Morgan fingerprint density at radius 1 is 1.25 bits per heavy atom. The van der Waals surface area contributed by atoms with Crippen molar-refractivity contribution in [3.63, 3.8) is 0 Å². The number of rotatable bonds is 0. The minimum atomic E-state index is -0.152. The van der Waals surface area contributed by atoms with E-state index in [1.165, 1.54) is 0 Å². The van der Waals surface area contributed by atoms with Gasteiger partial charge in [0.1, 0.15) is 5.75 Å². The van der Waals surface area contributed by atoms with Gasteiger partial charge in [0.15, 0.2) is 0 Å². The van der Waals surface area contributed by atoms with Crippen molar-refractivity contribution in [3.8, 4) is 5.75 Å². The van der Waals surface area contributed by atoms with Gasteiger partial charge >= 0.3 is 5.97 Å². The van der Waals surface area contributed by atoms with Crippen LogP contribution in [0.3, 0.4) is 0 Å². The first-order valence-electron chi connectivity index (χ1n) is 4.15. The second-order valence-corrected chi connectivity index (χ2v) is 2.26. The smallest absolute Gasteiger partial charge is 0.315 e. The fraction of sp³-hybridized carbons (Fsp3) is 0.300. The molecule has 0 unspecified atom stereocenters. The monoisotopic (exact) mass is 164 g/mol. The SMILES string of the molecule is CC.O=C1Cc2ccccc2O1. The van der Waals surface area contributed by atoms with Crippen LogP contribution >= 0.6 is 0 Å². The van der Waals surface area contributed by atoms with Crippen LogP contribution in [0.5, 0.6) is 5.75 Å². The fourth-order valence-electron chi connectivity index (χ4n) is 1.06. The normalized spacial score (nSPS) is 12.7. The fourth-order valence-corrected chi connectivity index (χ4v) is 1.06. The number of benzene rings is 1. The van der Waals surface area contributed by atoms with Gasteiger partial charge in [-0.15, -0.1) is 0 Å². The summed E-state index contributed by atoms with van der Waals surface area (Å²) in [6.45, 7) is 4.00. The number of esters is 1. The summed E-state index contributed by atoms with van der Waals surface area (Å²) in [6, 6.07) is 7.47. The van der Waals surface area contributed by atoms with Gasteiger partial charge in [0.05, 0.1) is 6.42 Å². The second-order valence-electron chi connectivity index (χ2n) is 2.26. The molecule has 12 heavy (non-hydrogen) atoms. The molecule has 0 bridgehead atoms. The Labute approximate surface area is 72.2 Å². The zero-order valence-electron chi connectivity index (χ0n) is 7.33. The van der Waals surface area contributed by atoms with E-state index in [9.17, 15) is 4.79 Å². The molecule has 0 saturated heterocycles. The first-order chi connectivity index (χ1) is 5.86. The summed E-state index contributed by atoms with van der Waals surface area (Å²) < 4.78 is 4.87. The van der Waals surface area contributed by atoms with E-state index in [1.54, 1.807) is 6.07 Å². The van der Waals surface area contributed by atoms with Crippen molar-refractivity contribution in [1.82, 2.24) is 0 Å².